The van der Waals surface area contributed by atoms with Crippen molar-refractivity contribution in [2.45, 2.75) is 17.1 Å². The number of alkyl halides is 3. The van der Waals surface area contributed by atoms with Crippen molar-refractivity contribution in [3.63, 3.8) is 0 Å². The second kappa shape index (κ2) is 6.29. The molecule has 2 fully saturated rings. The average molecular weight is 364 g/mol. The van der Waals surface area contributed by atoms with Crippen LogP contribution in [0.25, 0.3) is 0 Å². The molecule has 2 saturated heterocycles. The third-order valence-electron chi connectivity index (χ3n) is 4.51. The van der Waals surface area contributed by atoms with Crippen molar-refractivity contribution in [2.24, 2.45) is 5.92 Å². The van der Waals surface area contributed by atoms with Gasteiger partial charge in [0, 0.05) is 31.6 Å². The van der Waals surface area contributed by atoms with Crippen LogP contribution in [0.3, 0.4) is 0 Å². The van der Waals surface area contributed by atoms with E-state index in [9.17, 15) is 21.6 Å². The van der Waals surface area contributed by atoms with Crippen LogP contribution in [0, 0.1) is 5.92 Å². The molecule has 134 valence electrons. The topological polar surface area (TPSA) is 49.9 Å². The van der Waals surface area contributed by atoms with E-state index >= 15 is 0 Å². The van der Waals surface area contributed by atoms with E-state index in [1.54, 1.807) is 0 Å². The molecule has 0 aromatic heterocycles. The minimum atomic E-state index is -4.57. The first-order valence-corrected chi connectivity index (χ1v) is 9.07. The summed E-state index contributed by atoms with van der Waals surface area (Å²) in [7, 11) is -2.07. The molecule has 0 N–H and O–H groups in total. The number of likely N-dealkylation sites (N-methyl/N-ethyl adjacent to an activating group) is 1. The van der Waals surface area contributed by atoms with Gasteiger partial charge in [0.25, 0.3) is 0 Å². The summed E-state index contributed by atoms with van der Waals surface area (Å²) in [6, 6.07) is 3.82. The van der Waals surface area contributed by atoms with Crippen LogP contribution in [-0.2, 0) is 20.9 Å². The number of hydrogen-bond acceptors (Lipinski definition) is 4. The summed E-state index contributed by atoms with van der Waals surface area (Å²) >= 11 is 0. The van der Waals surface area contributed by atoms with E-state index in [0.29, 0.717) is 25.8 Å². The van der Waals surface area contributed by atoms with Crippen molar-refractivity contribution >= 4 is 10.0 Å². The third-order valence-corrected chi connectivity index (χ3v) is 6.34. The largest absolute Gasteiger partial charge is 0.416 e. The van der Waals surface area contributed by atoms with E-state index in [1.165, 1.54) is 10.4 Å². The molecular formula is C15H19F3N2O3S. The second-order valence-corrected chi connectivity index (χ2v) is 8.28. The maximum atomic E-state index is 12.9. The highest BCUT2D eigenvalue weighted by Gasteiger charge is 2.38. The lowest BCUT2D eigenvalue weighted by Gasteiger charge is -2.29. The molecule has 0 spiro atoms. The zero-order valence-corrected chi connectivity index (χ0v) is 14.0. The van der Waals surface area contributed by atoms with Gasteiger partial charge in [-0.15, -0.1) is 0 Å². The molecule has 2 atom stereocenters. The van der Waals surface area contributed by atoms with Crippen LogP contribution < -0.4 is 0 Å². The summed E-state index contributed by atoms with van der Waals surface area (Å²) in [5.41, 5.74) is -0.959. The van der Waals surface area contributed by atoms with Gasteiger partial charge in [-0.25, -0.2) is 8.42 Å². The van der Waals surface area contributed by atoms with Crippen molar-refractivity contribution in [3.8, 4) is 0 Å². The van der Waals surface area contributed by atoms with Gasteiger partial charge in [-0.05, 0) is 25.2 Å². The summed E-state index contributed by atoms with van der Waals surface area (Å²) in [5, 5.41) is 0. The third kappa shape index (κ3) is 3.44. The maximum Gasteiger partial charge on any atom is 0.416 e. The molecule has 0 unspecified atom stereocenters. The molecular weight excluding hydrogens is 345 g/mol. The monoisotopic (exact) mass is 364 g/mol. The predicted molar refractivity (Wildman–Crippen MR) is 80.9 cm³/mol. The quantitative estimate of drug-likeness (QED) is 0.801. The minimum absolute atomic E-state index is 0.00285. The Hall–Kier alpha value is -1.16. The van der Waals surface area contributed by atoms with E-state index in [0.717, 1.165) is 12.1 Å². The van der Waals surface area contributed by atoms with Crippen LogP contribution in [0.4, 0.5) is 13.2 Å². The van der Waals surface area contributed by atoms with E-state index in [4.69, 9.17) is 4.74 Å². The Morgan fingerprint density at radius 3 is 2.62 bits per heavy atom. The fourth-order valence-electron chi connectivity index (χ4n) is 3.19. The SMILES string of the molecule is CN1C[C@H]2COC[C@@H]1CN(S(=O)(=O)c1cccc(C(F)(F)F)c1)C2. The molecule has 2 aliphatic heterocycles. The van der Waals surface area contributed by atoms with Gasteiger partial charge in [0.1, 0.15) is 0 Å². The van der Waals surface area contributed by atoms with Crippen LogP contribution in [-0.4, -0.2) is 63.6 Å². The van der Waals surface area contributed by atoms with Crippen LogP contribution in [0.15, 0.2) is 29.2 Å². The number of ether oxygens (including phenoxy) is 1. The Balaban J connectivity index is 1.93. The molecule has 0 aliphatic carbocycles. The van der Waals surface area contributed by atoms with Gasteiger partial charge >= 0.3 is 6.18 Å². The number of hydrogen-bond donors (Lipinski definition) is 0. The first-order chi connectivity index (χ1) is 11.2. The zero-order chi connectivity index (χ0) is 17.5. The molecule has 1 aromatic carbocycles. The fourth-order valence-corrected chi connectivity index (χ4v) is 4.79. The molecule has 5 nitrogen and oxygen atoms in total. The number of rotatable bonds is 2. The lowest BCUT2D eigenvalue weighted by molar-refractivity contribution is -0.137. The van der Waals surface area contributed by atoms with Gasteiger partial charge in [-0.2, -0.15) is 17.5 Å². The van der Waals surface area contributed by atoms with Gasteiger partial charge in [0.2, 0.25) is 10.0 Å². The Bertz CT molecular complexity index is 708. The van der Waals surface area contributed by atoms with E-state index in [-0.39, 0.29) is 29.9 Å². The summed E-state index contributed by atoms with van der Waals surface area (Å²) in [6.07, 6.45) is -4.57. The highest BCUT2D eigenvalue weighted by atomic mass is 32.2. The van der Waals surface area contributed by atoms with E-state index < -0.39 is 21.8 Å². The molecule has 1 aromatic rings. The Kier molecular flexibility index (Phi) is 4.63. The molecule has 0 amide bonds. The van der Waals surface area contributed by atoms with Crippen LogP contribution in [0.1, 0.15) is 5.56 Å². The van der Waals surface area contributed by atoms with Crippen molar-refractivity contribution in [1.82, 2.24) is 9.21 Å². The standard InChI is InChI=1S/C15H19F3N2O3S/c1-19-6-11-7-20(8-13(19)10-23-9-11)24(21,22)14-4-2-3-12(5-14)15(16,17)18/h2-5,11,13H,6-10H2,1H3/t11-,13+/m1/s1. The Morgan fingerprint density at radius 1 is 1.17 bits per heavy atom. The molecule has 9 heteroatoms. The molecule has 3 rings (SSSR count). The van der Waals surface area contributed by atoms with Gasteiger partial charge < -0.3 is 4.74 Å². The predicted octanol–water partition coefficient (Wildman–Crippen LogP) is 1.66. The molecule has 0 radical (unpaired) electrons. The summed E-state index contributed by atoms with van der Waals surface area (Å²) in [6.45, 7) is 2.04. The lowest BCUT2D eigenvalue weighted by atomic mass is 10.1. The van der Waals surface area contributed by atoms with Crippen molar-refractivity contribution in [3.05, 3.63) is 29.8 Å². The average Bonchev–Trinajstić information content (AvgIpc) is 2.75. The number of fused-ring (bicyclic) bond motifs is 3. The molecule has 2 aliphatic rings. The van der Waals surface area contributed by atoms with E-state index in [2.05, 4.69) is 4.90 Å². The molecule has 2 bridgehead atoms. The highest BCUT2D eigenvalue weighted by molar-refractivity contribution is 7.89. The Morgan fingerprint density at radius 2 is 1.92 bits per heavy atom. The maximum absolute atomic E-state index is 12.9. The van der Waals surface area contributed by atoms with Gasteiger partial charge in [-0.3, -0.25) is 4.90 Å². The van der Waals surface area contributed by atoms with Gasteiger partial charge in [0.05, 0.1) is 23.7 Å². The molecule has 2 heterocycles. The molecule has 0 saturated carbocycles. The van der Waals surface area contributed by atoms with Crippen molar-refractivity contribution in [2.75, 3.05) is 39.9 Å². The summed E-state index contributed by atoms with van der Waals surface area (Å²) in [5.74, 6) is 0.00285. The first-order valence-electron chi connectivity index (χ1n) is 7.63. The van der Waals surface area contributed by atoms with Crippen LogP contribution >= 0.6 is 0 Å². The summed E-state index contributed by atoms with van der Waals surface area (Å²) in [4.78, 5) is 1.74. The van der Waals surface area contributed by atoms with Crippen molar-refractivity contribution < 1.29 is 26.3 Å². The first kappa shape index (κ1) is 17.7. The van der Waals surface area contributed by atoms with Gasteiger partial charge in [0.15, 0.2) is 0 Å². The number of benzene rings is 1. The smallest absolute Gasteiger partial charge is 0.379 e. The second-order valence-electron chi connectivity index (χ2n) is 6.34. The van der Waals surface area contributed by atoms with Crippen LogP contribution in [0.2, 0.25) is 0 Å². The lowest BCUT2D eigenvalue weighted by Crippen LogP contribution is -2.44. The number of nitrogens with zero attached hydrogens (tertiary/aromatic N) is 2. The Labute approximate surface area is 139 Å². The molecule has 24 heavy (non-hydrogen) atoms. The van der Waals surface area contributed by atoms with Crippen molar-refractivity contribution in [1.29, 1.82) is 0 Å². The zero-order valence-electron chi connectivity index (χ0n) is 13.2. The minimum Gasteiger partial charge on any atom is -0.379 e. The highest BCUT2D eigenvalue weighted by Crippen LogP contribution is 2.32. The summed E-state index contributed by atoms with van der Waals surface area (Å²) < 4.78 is 71.2. The van der Waals surface area contributed by atoms with Crippen LogP contribution in [0.5, 0.6) is 0 Å². The normalized spacial score (nSPS) is 27.0. The van der Waals surface area contributed by atoms with Gasteiger partial charge in [-0.1, -0.05) is 6.07 Å². The number of halogens is 3. The number of sulfonamides is 1. The van der Waals surface area contributed by atoms with E-state index in [1.807, 2.05) is 7.05 Å². The fraction of sp³-hybridized carbons (Fsp3) is 0.600.